The number of nitrogens with zero attached hydrogens (tertiary/aromatic N) is 2. The summed E-state index contributed by atoms with van der Waals surface area (Å²) in [4.78, 5) is 19.9. The van der Waals surface area contributed by atoms with E-state index in [1.807, 2.05) is 11.8 Å². The van der Waals surface area contributed by atoms with Gasteiger partial charge in [0.05, 0.1) is 24.4 Å². The van der Waals surface area contributed by atoms with Crippen LogP contribution < -0.4 is 5.32 Å². The van der Waals surface area contributed by atoms with Gasteiger partial charge in [0, 0.05) is 38.5 Å². The van der Waals surface area contributed by atoms with Crippen LogP contribution in [-0.2, 0) is 13.2 Å². The Bertz CT molecular complexity index is 911. The molecule has 0 aliphatic carbocycles. The van der Waals surface area contributed by atoms with Crippen molar-refractivity contribution in [3.63, 3.8) is 0 Å². The standard InChI is InChI=1S/C20H21Cl2N3O2/c1-11-15(10-26)18(14-3-2-12(21)8-16(14)22)19-17(24-11)9-25(20(19)27)13-4-6-23-7-5-13/h2-3,8,13,23,26H,4-7,9-10H2,1H3. The molecule has 0 bridgehead atoms. The zero-order valence-corrected chi connectivity index (χ0v) is 16.6. The van der Waals surface area contributed by atoms with Crippen LogP contribution in [-0.4, -0.2) is 40.0 Å². The summed E-state index contributed by atoms with van der Waals surface area (Å²) in [5.74, 6) is -0.0277. The third kappa shape index (κ3) is 3.23. The maximum atomic E-state index is 13.4. The number of carbonyl (C=O) groups excluding carboxylic acids is 1. The number of benzene rings is 1. The molecule has 1 amide bonds. The topological polar surface area (TPSA) is 65.5 Å². The van der Waals surface area contributed by atoms with Gasteiger partial charge in [-0.05, 0) is 45.0 Å². The lowest BCUT2D eigenvalue weighted by Crippen LogP contribution is -2.43. The van der Waals surface area contributed by atoms with Gasteiger partial charge in [0.1, 0.15) is 0 Å². The van der Waals surface area contributed by atoms with Gasteiger partial charge in [-0.1, -0.05) is 29.3 Å². The SMILES string of the molecule is Cc1nc2c(c(-c3ccc(Cl)cc3Cl)c1CO)C(=O)N(C1CCNCC1)C2. The molecule has 2 aromatic rings. The predicted molar refractivity (Wildman–Crippen MR) is 106 cm³/mol. The molecule has 7 heteroatoms. The van der Waals surface area contributed by atoms with Gasteiger partial charge in [0.2, 0.25) is 0 Å². The molecule has 3 heterocycles. The number of piperidine rings is 1. The Morgan fingerprint density at radius 2 is 2.00 bits per heavy atom. The molecule has 1 aromatic heterocycles. The first-order valence-electron chi connectivity index (χ1n) is 9.11. The number of pyridine rings is 1. The van der Waals surface area contributed by atoms with E-state index in [0.29, 0.717) is 38.8 Å². The maximum Gasteiger partial charge on any atom is 0.257 e. The van der Waals surface area contributed by atoms with E-state index in [4.69, 9.17) is 23.2 Å². The third-order valence-corrected chi connectivity index (χ3v) is 6.03. The van der Waals surface area contributed by atoms with Gasteiger partial charge >= 0.3 is 0 Å². The van der Waals surface area contributed by atoms with Crippen LogP contribution in [0, 0.1) is 6.92 Å². The molecule has 1 aromatic carbocycles. The fourth-order valence-electron chi connectivity index (χ4n) is 4.12. The number of rotatable bonds is 3. The Labute approximate surface area is 168 Å². The highest BCUT2D eigenvalue weighted by Gasteiger charge is 2.38. The van der Waals surface area contributed by atoms with Gasteiger partial charge < -0.3 is 15.3 Å². The lowest BCUT2D eigenvalue weighted by Gasteiger charge is -2.31. The molecular weight excluding hydrogens is 385 g/mol. The third-order valence-electron chi connectivity index (χ3n) is 5.48. The van der Waals surface area contributed by atoms with Crippen LogP contribution in [0.15, 0.2) is 18.2 Å². The largest absolute Gasteiger partial charge is 0.392 e. The number of amides is 1. The first kappa shape index (κ1) is 18.7. The summed E-state index contributed by atoms with van der Waals surface area (Å²) in [7, 11) is 0. The quantitative estimate of drug-likeness (QED) is 0.818. The number of carbonyl (C=O) groups is 1. The number of aliphatic hydroxyl groups excluding tert-OH is 1. The van der Waals surface area contributed by atoms with Crippen molar-refractivity contribution in [2.75, 3.05) is 13.1 Å². The molecular formula is C20H21Cl2N3O2. The van der Waals surface area contributed by atoms with E-state index in [2.05, 4.69) is 10.3 Å². The molecule has 27 heavy (non-hydrogen) atoms. The van der Waals surface area contributed by atoms with Crippen molar-refractivity contribution in [3.05, 3.63) is 50.8 Å². The zero-order valence-electron chi connectivity index (χ0n) is 15.1. The molecule has 4 rings (SSSR count). The summed E-state index contributed by atoms with van der Waals surface area (Å²) >= 11 is 12.5. The van der Waals surface area contributed by atoms with E-state index in [1.54, 1.807) is 18.2 Å². The van der Waals surface area contributed by atoms with Crippen molar-refractivity contribution in [1.82, 2.24) is 15.2 Å². The summed E-state index contributed by atoms with van der Waals surface area (Å²) < 4.78 is 0. The number of hydrogen-bond donors (Lipinski definition) is 2. The van der Waals surface area contributed by atoms with E-state index in [1.165, 1.54) is 0 Å². The van der Waals surface area contributed by atoms with Gasteiger partial charge in [0.15, 0.2) is 0 Å². The second-order valence-electron chi connectivity index (χ2n) is 7.07. The maximum absolute atomic E-state index is 13.4. The Morgan fingerprint density at radius 1 is 1.26 bits per heavy atom. The molecule has 0 atom stereocenters. The summed E-state index contributed by atoms with van der Waals surface area (Å²) in [6, 6.07) is 5.42. The second kappa shape index (κ2) is 7.40. The van der Waals surface area contributed by atoms with E-state index in [-0.39, 0.29) is 18.6 Å². The number of aryl methyl sites for hydroxylation is 1. The molecule has 142 valence electrons. The van der Waals surface area contributed by atoms with Crippen LogP contribution in [0.1, 0.15) is 40.2 Å². The van der Waals surface area contributed by atoms with Crippen LogP contribution in [0.2, 0.25) is 10.0 Å². The minimum atomic E-state index is -0.207. The van der Waals surface area contributed by atoms with Crippen molar-refractivity contribution in [3.8, 4) is 11.1 Å². The monoisotopic (exact) mass is 405 g/mol. The summed E-state index contributed by atoms with van der Waals surface area (Å²) in [6.45, 7) is 3.98. The average molecular weight is 406 g/mol. The summed E-state index contributed by atoms with van der Waals surface area (Å²) in [6.07, 6.45) is 1.87. The first-order chi connectivity index (χ1) is 13.0. The van der Waals surface area contributed by atoms with E-state index >= 15 is 0 Å². The number of nitrogens with one attached hydrogen (secondary N) is 1. The van der Waals surface area contributed by atoms with Crippen LogP contribution in [0.25, 0.3) is 11.1 Å². The van der Waals surface area contributed by atoms with E-state index in [9.17, 15) is 9.90 Å². The van der Waals surface area contributed by atoms with Crippen LogP contribution in [0.4, 0.5) is 0 Å². The van der Waals surface area contributed by atoms with Crippen LogP contribution in [0.3, 0.4) is 0 Å². The Morgan fingerprint density at radius 3 is 2.67 bits per heavy atom. The molecule has 1 saturated heterocycles. The molecule has 0 radical (unpaired) electrons. The molecule has 1 fully saturated rings. The first-order valence-corrected chi connectivity index (χ1v) is 9.87. The van der Waals surface area contributed by atoms with Gasteiger partial charge in [-0.3, -0.25) is 9.78 Å². The van der Waals surface area contributed by atoms with Gasteiger partial charge in [-0.25, -0.2) is 0 Å². The number of aliphatic hydroxyl groups is 1. The van der Waals surface area contributed by atoms with Crippen molar-refractivity contribution < 1.29 is 9.90 Å². The molecule has 2 aliphatic rings. The fraction of sp³-hybridized carbons (Fsp3) is 0.400. The van der Waals surface area contributed by atoms with Crippen molar-refractivity contribution >= 4 is 29.1 Å². The summed E-state index contributed by atoms with van der Waals surface area (Å²) in [5, 5.41) is 14.3. The predicted octanol–water partition coefficient (Wildman–Crippen LogP) is 3.56. The van der Waals surface area contributed by atoms with Crippen molar-refractivity contribution in [2.24, 2.45) is 0 Å². The Kier molecular flexibility index (Phi) is 5.12. The van der Waals surface area contributed by atoms with Gasteiger partial charge in [-0.15, -0.1) is 0 Å². The van der Waals surface area contributed by atoms with Crippen molar-refractivity contribution in [1.29, 1.82) is 0 Å². The highest BCUT2D eigenvalue weighted by atomic mass is 35.5. The average Bonchev–Trinajstić information content (AvgIpc) is 2.98. The number of aromatic nitrogens is 1. The fourth-order valence-corrected chi connectivity index (χ4v) is 4.62. The lowest BCUT2D eigenvalue weighted by atomic mass is 9.93. The zero-order chi connectivity index (χ0) is 19.1. The number of fused-ring (bicyclic) bond motifs is 1. The molecule has 0 spiro atoms. The highest BCUT2D eigenvalue weighted by Crippen LogP contribution is 2.40. The highest BCUT2D eigenvalue weighted by molar-refractivity contribution is 6.36. The van der Waals surface area contributed by atoms with Gasteiger partial charge in [-0.2, -0.15) is 0 Å². The van der Waals surface area contributed by atoms with E-state index < -0.39 is 0 Å². The van der Waals surface area contributed by atoms with Crippen molar-refractivity contribution in [2.45, 2.75) is 39.0 Å². The Hall–Kier alpha value is -1.66. The molecule has 0 unspecified atom stereocenters. The van der Waals surface area contributed by atoms with Gasteiger partial charge in [0.25, 0.3) is 5.91 Å². The minimum Gasteiger partial charge on any atom is -0.392 e. The molecule has 2 N–H and O–H groups in total. The normalized spacial score (nSPS) is 17.5. The smallest absolute Gasteiger partial charge is 0.257 e. The van der Waals surface area contributed by atoms with E-state index in [0.717, 1.165) is 37.3 Å². The van der Waals surface area contributed by atoms with Crippen LogP contribution >= 0.6 is 23.2 Å². The summed E-state index contributed by atoms with van der Waals surface area (Å²) in [5.41, 5.74) is 4.06. The minimum absolute atomic E-state index is 0.0277. The number of halogens is 2. The Balaban J connectivity index is 1.87. The lowest BCUT2D eigenvalue weighted by molar-refractivity contribution is 0.0668. The number of hydrogen-bond acceptors (Lipinski definition) is 4. The molecule has 2 aliphatic heterocycles. The molecule has 0 saturated carbocycles. The van der Waals surface area contributed by atoms with Crippen LogP contribution in [0.5, 0.6) is 0 Å². The molecule has 5 nitrogen and oxygen atoms in total. The second-order valence-corrected chi connectivity index (χ2v) is 7.91.